The summed E-state index contributed by atoms with van der Waals surface area (Å²) in [6.07, 6.45) is -0.0280. The van der Waals surface area contributed by atoms with Crippen molar-refractivity contribution >= 4 is 29.3 Å². The Kier molecular flexibility index (Phi) is 7.98. The second kappa shape index (κ2) is 6.13. The van der Waals surface area contributed by atoms with Crippen LogP contribution in [0.2, 0.25) is 0 Å². The van der Waals surface area contributed by atoms with Crippen molar-refractivity contribution in [1.29, 1.82) is 0 Å². The van der Waals surface area contributed by atoms with Crippen LogP contribution in [0.25, 0.3) is 0 Å². The molecule has 0 radical (unpaired) electrons. The zero-order chi connectivity index (χ0) is 7.33. The molecule has 0 unspecified atom stereocenters. The molecule has 0 saturated carbocycles. The van der Waals surface area contributed by atoms with Crippen molar-refractivity contribution in [2.45, 2.75) is 6.42 Å². The van der Waals surface area contributed by atoms with Crippen LogP contribution in [-0.2, 0) is 14.6 Å². The van der Waals surface area contributed by atoms with E-state index in [9.17, 15) is 12.8 Å². The molecule has 0 saturated heterocycles. The molecule has 0 amide bonds. The molecule has 0 rings (SSSR count). The normalized spacial score (nSPS) is 10.6. The minimum absolute atomic E-state index is 0. The molecule has 0 aromatic carbocycles. The Hall–Kier alpha value is 0.397. The van der Waals surface area contributed by atoms with Crippen LogP contribution in [0.1, 0.15) is 6.42 Å². The Balaban J connectivity index is 0. The Morgan fingerprint density at radius 3 is 2.30 bits per heavy atom. The zero-order valence-electron chi connectivity index (χ0n) is 4.58. The number of halogens is 1. The molecule has 0 bridgehead atoms. The van der Waals surface area contributed by atoms with E-state index in [4.69, 9.17) is 4.55 Å². The van der Waals surface area contributed by atoms with Crippen LogP contribution < -0.4 is 0 Å². The van der Waals surface area contributed by atoms with E-state index in [1.54, 1.807) is 0 Å². The fraction of sp³-hybridized carbons (Fsp3) is 1.00. The molecule has 0 aliphatic carbocycles. The van der Waals surface area contributed by atoms with Crippen LogP contribution in [0.5, 0.6) is 0 Å². The first-order valence-corrected chi connectivity index (χ1v) is 3.60. The van der Waals surface area contributed by atoms with Gasteiger partial charge in [-0.1, -0.05) is 0 Å². The predicted octanol–water partition coefficient (Wildman–Crippen LogP) is -0.483. The van der Waals surface area contributed by atoms with Gasteiger partial charge in [0.25, 0.3) is 0 Å². The first-order chi connectivity index (χ1) is 4.06. The maximum absolute atomic E-state index is 11.2. The molecule has 1 N–H and O–H groups in total. The van der Waals surface area contributed by atoms with Gasteiger partial charge in [-0.15, -0.1) is 0 Å². The molecular formula is C3H8FLiO4S. The molecule has 0 spiro atoms. The zero-order valence-corrected chi connectivity index (χ0v) is 5.40. The Morgan fingerprint density at radius 2 is 2.00 bits per heavy atom. The van der Waals surface area contributed by atoms with Crippen molar-refractivity contribution < 1.29 is 21.5 Å². The Morgan fingerprint density at radius 1 is 1.50 bits per heavy atom. The molecule has 10 heavy (non-hydrogen) atoms. The summed E-state index contributed by atoms with van der Waals surface area (Å²) in [5.74, 6) is 0. The van der Waals surface area contributed by atoms with E-state index in [1.165, 1.54) is 0 Å². The Labute approximate surface area is 70.9 Å². The molecule has 0 atom stereocenters. The van der Waals surface area contributed by atoms with Crippen molar-refractivity contribution in [2.24, 2.45) is 0 Å². The predicted molar refractivity (Wildman–Crippen MR) is 35.2 cm³/mol. The number of alkyl halides is 1. The summed E-state index contributed by atoms with van der Waals surface area (Å²) in [6.45, 7) is -0.967. The summed E-state index contributed by atoms with van der Waals surface area (Å²) >= 11 is 0. The monoisotopic (exact) mass is 166 g/mol. The van der Waals surface area contributed by atoms with Gasteiger partial charge in [0, 0.05) is 6.42 Å². The molecule has 4 nitrogen and oxygen atoms in total. The average molecular weight is 166 g/mol. The number of hydrogen-bond acceptors (Lipinski definition) is 3. The van der Waals surface area contributed by atoms with Gasteiger partial charge in [-0.25, -0.2) is 4.18 Å². The van der Waals surface area contributed by atoms with Crippen molar-refractivity contribution in [3.05, 3.63) is 0 Å². The molecule has 58 valence electrons. The van der Waals surface area contributed by atoms with Crippen molar-refractivity contribution in [3.8, 4) is 0 Å². The van der Waals surface area contributed by atoms with Gasteiger partial charge in [0.15, 0.2) is 0 Å². The van der Waals surface area contributed by atoms with E-state index in [0.29, 0.717) is 0 Å². The van der Waals surface area contributed by atoms with E-state index in [1.807, 2.05) is 0 Å². The van der Waals surface area contributed by atoms with Crippen LogP contribution >= 0.6 is 0 Å². The summed E-state index contributed by atoms with van der Waals surface area (Å²) in [5.41, 5.74) is 0. The molecule has 0 aliphatic rings. The molecule has 0 aromatic rings. The second-order valence-corrected chi connectivity index (χ2v) is 2.38. The summed E-state index contributed by atoms with van der Waals surface area (Å²) in [5, 5.41) is 0. The summed E-state index contributed by atoms with van der Waals surface area (Å²) < 4.78 is 42.3. The second-order valence-electron chi connectivity index (χ2n) is 1.29. The Bertz CT molecular complexity index is 156. The van der Waals surface area contributed by atoms with E-state index in [2.05, 4.69) is 4.18 Å². The van der Waals surface area contributed by atoms with Gasteiger partial charge in [0.05, 0.1) is 13.3 Å². The van der Waals surface area contributed by atoms with Gasteiger partial charge in [0.1, 0.15) is 0 Å². The van der Waals surface area contributed by atoms with Crippen LogP contribution in [0.3, 0.4) is 0 Å². The third-order valence-corrected chi connectivity index (χ3v) is 0.975. The fourth-order valence-electron chi connectivity index (χ4n) is 0.219. The SMILES string of the molecule is O=S(=O)(O)OCCCF.[LiH]. The maximum atomic E-state index is 11.2. The first-order valence-electron chi connectivity index (χ1n) is 2.24. The van der Waals surface area contributed by atoms with Gasteiger partial charge in [-0.3, -0.25) is 8.94 Å². The van der Waals surface area contributed by atoms with Crippen LogP contribution in [-0.4, -0.2) is 45.1 Å². The summed E-state index contributed by atoms with van der Waals surface area (Å²) in [7, 11) is -4.36. The van der Waals surface area contributed by atoms with Crippen LogP contribution in [0.15, 0.2) is 0 Å². The topological polar surface area (TPSA) is 63.6 Å². The minimum atomic E-state index is -4.36. The van der Waals surface area contributed by atoms with Crippen molar-refractivity contribution in [1.82, 2.24) is 0 Å². The first kappa shape index (κ1) is 13.0. The molecular weight excluding hydrogens is 158 g/mol. The number of hydrogen-bond donors (Lipinski definition) is 1. The molecule has 0 aromatic heterocycles. The fourth-order valence-corrected chi connectivity index (χ4v) is 0.547. The van der Waals surface area contributed by atoms with Crippen molar-refractivity contribution in [3.63, 3.8) is 0 Å². The van der Waals surface area contributed by atoms with Gasteiger partial charge in [0.2, 0.25) is 0 Å². The standard InChI is InChI=1S/C3H7FO4S.Li.H/c4-2-1-3-8-9(5,6)7;;/h1-3H2,(H,5,6,7);;. The summed E-state index contributed by atoms with van der Waals surface area (Å²) in [6, 6.07) is 0. The quantitative estimate of drug-likeness (QED) is 0.348. The van der Waals surface area contributed by atoms with Gasteiger partial charge >= 0.3 is 29.3 Å². The van der Waals surface area contributed by atoms with Crippen LogP contribution in [0, 0.1) is 0 Å². The third-order valence-electron chi connectivity index (χ3n) is 0.510. The van der Waals surface area contributed by atoms with Gasteiger partial charge in [-0.05, 0) is 0 Å². The van der Waals surface area contributed by atoms with Gasteiger partial charge in [-0.2, -0.15) is 8.42 Å². The average Bonchev–Trinajstić information content (AvgIpc) is 1.63. The van der Waals surface area contributed by atoms with E-state index >= 15 is 0 Å². The van der Waals surface area contributed by atoms with E-state index in [-0.39, 0.29) is 31.9 Å². The van der Waals surface area contributed by atoms with Crippen molar-refractivity contribution in [2.75, 3.05) is 13.3 Å². The molecule has 0 fully saturated rings. The number of rotatable bonds is 4. The van der Waals surface area contributed by atoms with E-state index in [0.717, 1.165) is 0 Å². The van der Waals surface area contributed by atoms with Crippen LogP contribution in [0.4, 0.5) is 4.39 Å². The molecule has 0 aliphatic heterocycles. The van der Waals surface area contributed by atoms with Gasteiger partial charge < -0.3 is 0 Å². The molecule has 0 heterocycles. The molecule has 7 heteroatoms. The summed E-state index contributed by atoms with van der Waals surface area (Å²) in [4.78, 5) is 0. The van der Waals surface area contributed by atoms with E-state index < -0.39 is 17.1 Å². The third kappa shape index (κ3) is 11.2.